The molecular weight excluding hydrogens is 456 g/mol. The molecule has 1 heterocycles. The predicted molar refractivity (Wildman–Crippen MR) is 140 cm³/mol. The minimum absolute atomic E-state index is 0.0173. The normalized spacial score (nSPS) is 19.9. The van der Waals surface area contributed by atoms with E-state index < -0.39 is 12.0 Å². The van der Waals surface area contributed by atoms with Crippen LogP contribution in [0.2, 0.25) is 0 Å². The molecule has 0 spiro atoms. The van der Waals surface area contributed by atoms with Crippen molar-refractivity contribution in [3.05, 3.63) is 59.7 Å². The highest BCUT2D eigenvalue weighted by atomic mass is 16.5. The van der Waals surface area contributed by atoms with Crippen molar-refractivity contribution < 1.29 is 23.8 Å². The van der Waals surface area contributed by atoms with Crippen LogP contribution in [-0.4, -0.2) is 39.7 Å². The van der Waals surface area contributed by atoms with Gasteiger partial charge in [-0.1, -0.05) is 17.7 Å². The fraction of sp³-hybridized carbons (Fsp3) is 0.448. The van der Waals surface area contributed by atoms with Gasteiger partial charge in [0.2, 0.25) is 11.8 Å². The second-order valence-corrected chi connectivity index (χ2v) is 9.32. The molecule has 7 nitrogen and oxygen atoms in total. The third kappa shape index (κ3) is 5.66. The van der Waals surface area contributed by atoms with E-state index in [9.17, 15) is 9.59 Å². The highest BCUT2D eigenvalue weighted by molar-refractivity contribution is 5.97. The number of piperidine rings is 1. The molecule has 1 aliphatic heterocycles. The van der Waals surface area contributed by atoms with Gasteiger partial charge in [0.05, 0.1) is 33.3 Å². The molecule has 1 aliphatic carbocycles. The number of amides is 2. The Hall–Kier alpha value is -3.48. The van der Waals surface area contributed by atoms with Gasteiger partial charge >= 0.3 is 0 Å². The summed E-state index contributed by atoms with van der Waals surface area (Å²) in [6.45, 7) is 0.607. The van der Waals surface area contributed by atoms with Crippen molar-refractivity contribution >= 4 is 17.5 Å². The summed E-state index contributed by atoms with van der Waals surface area (Å²) in [5.74, 6) is 1.42. The Morgan fingerprint density at radius 2 is 1.75 bits per heavy atom. The van der Waals surface area contributed by atoms with Gasteiger partial charge in [-0.05, 0) is 80.5 Å². The molecule has 1 N–H and O–H groups in total. The number of nitrogens with one attached hydrogen (secondary N) is 1. The average Bonchev–Trinajstić information content (AvgIpc) is 2.93. The Balaban J connectivity index is 1.65. The van der Waals surface area contributed by atoms with Crippen molar-refractivity contribution in [2.24, 2.45) is 5.92 Å². The lowest BCUT2D eigenvalue weighted by molar-refractivity contribution is -0.129. The number of ether oxygens (including phenoxy) is 3. The Morgan fingerprint density at radius 1 is 0.972 bits per heavy atom. The van der Waals surface area contributed by atoms with Crippen molar-refractivity contribution in [3.8, 4) is 17.2 Å². The maximum Gasteiger partial charge on any atom is 0.227 e. The van der Waals surface area contributed by atoms with Crippen LogP contribution in [0.15, 0.2) is 54.1 Å². The van der Waals surface area contributed by atoms with E-state index in [-0.39, 0.29) is 11.8 Å². The Kier molecular flexibility index (Phi) is 8.52. The van der Waals surface area contributed by atoms with E-state index in [0.29, 0.717) is 36.6 Å². The molecule has 2 atom stereocenters. The molecular formula is C29H36N2O5. The van der Waals surface area contributed by atoms with Crippen molar-refractivity contribution in [1.82, 2.24) is 5.32 Å². The standard InChI is InChI=1S/C29H36N2O5/c1-34-23-12-10-22(11-13-23)31-27(32)16-14-24(29(33)30-18-17-20-7-5-4-6-8-20)28(31)21-9-15-25(35-2)26(19-21)36-3/h7,9-13,15,19,24,28H,4-6,8,14,16-18H2,1-3H3,(H,30,33)/t24-,28-/m0/s1. The van der Waals surface area contributed by atoms with Crippen LogP contribution in [0.4, 0.5) is 5.69 Å². The summed E-state index contributed by atoms with van der Waals surface area (Å²) >= 11 is 0. The Bertz CT molecular complexity index is 1100. The molecule has 36 heavy (non-hydrogen) atoms. The molecule has 7 heteroatoms. The quantitative estimate of drug-likeness (QED) is 0.487. The average molecular weight is 493 g/mol. The van der Waals surface area contributed by atoms with Gasteiger partial charge < -0.3 is 24.4 Å². The number of methoxy groups -OCH3 is 3. The summed E-state index contributed by atoms with van der Waals surface area (Å²) in [6.07, 6.45) is 8.70. The zero-order chi connectivity index (χ0) is 25.5. The molecule has 2 aromatic rings. The molecule has 1 saturated heterocycles. The second kappa shape index (κ2) is 12.0. The van der Waals surface area contributed by atoms with Crippen LogP contribution in [0.3, 0.4) is 0 Å². The SMILES string of the molecule is COc1ccc(N2C(=O)CC[C@H](C(=O)NCCC3=CCCCC3)[C@@H]2c2ccc(OC)c(OC)c2)cc1. The first-order chi connectivity index (χ1) is 17.5. The largest absolute Gasteiger partial charge is 0.497 e. The first kappa shape index (κ1) is 25.6. The predicted octanol–water partition coefficient (Wildman–Crippen LogP) is 5.20. The molecule has 4 rings (SSSR count). The van der Waals surface area contributed by atoms with Crippen LogP contribution in [-0.2, 0) is 9.59 Å². The van der Waals surface area contributed by atoms with Crippen molar-refractivity contribution in [2.45, 2.75) is 51.0 Å². The van der Waals surface area contributed by atoms with E-state index in [1.54, 1.807) is 26.2 Å². The van der Waals surface area contributed by atoms with Crippen LogP contribution in [0, 0.1) is 5.92 Å². The minimum Gasteiger partial charge on any atom is -0.497 e. The van der Waals surface area contributed by atoms with Crippen molar-refractivity contribution in [3.63, 3.8) is 0 Å². The minimum atomic E-state index is -0.478. The van der Waals surface area contributed by atoms with E-state index in [0.717, 1.165) is 30.5 Å². The Morgan fingerprint density at radius 3 is 2.42 bits per heavy atom. The number of allylic oxidation sites excluding steroid dienone is 1. The summed E-state index contributed by atoms with van der Waals surface area (Å²) < 4.78 is 16.3. The van der Waals surface area contributed by atoms with E-state index in [4.69, 9.17) is 14.2 Å². The maximum absolute atomic E-state index is 13.5. The molecule has 0 bridgehead atoms. The third-order valence-electron chi connectivity index (χ3n) is 7.16. The van der Waals surface area contributed by atoms with Crippen molar-refractivity contribution in [1.29, 1.82) is 0 Å². The summed E-state index contributed by atoms with van der Waals surface area (Å²) in [6, 6.07) is 12.5. The summed E-state index contributed by atoms with van der Waals surface area (Å²) in [4.78, 5) is 28.6. The van der Waals surface area contributed by atoms with Gasteiger partial charge in [0.25, 0.3) is 0 Å². The highest BCUT2D eigenvalue weighted by Gasteiger charge is 2.41. The molecule has 0 saturated carbocycles. The Labute approximate surface area is 213 Å². The lowest BCUT2D eigenvalue weighted by Crippen LogP contribution is -2.48. The number of anilines is 1. The number of rotatable bonds is 9. The van der Waals surface area contributed by atoms with Crippen molar-refractivity contribution in [2.75, 3.05) is 32.8 Å². The number of hydrogen-bond acceptors (Lipinski definition) is 5. The van der Waals surface area contributed by atoms with Crippen LogP contribution >= 0.6 is 0 Å². The number of hydrogen-bond donors (Lipinski definition) is 1. The van der Waals surface area contributed by atoms with Crippen LogP contribution < -0.4 is 24.4 Å². The fourth-order valence-corrected chi connectivity index (χ4v) is 5.24. The van der Waals surface area contributed by atoms with Gasteiger partial charge in [-0.3, -0.25) is 9.59 Å². The highest BCUT2D eigenvalue weighted by Crippen LogP contribution is 2.42. The fourth-order valence-electron chi connectivity index (χ4n) is 5.24. The molecule has 2 aliphatic rings. The van der Waals surface area contributed by atoms with Gasteiger partial charge in [0.1, 0.15) is 5.75 Å². The molecule has 0 aromatic heterocycles. The monoisotopic (exact) mass is 492 g/mol. The lowest BCUT2D eigenvalue weighted by atomic mass is 9.83. The van der Waals surface area contributed by atoms with Gasteiger partial charge in [0, 0.05) is 18.7 Å². The smallest absolute Gasteiger partial charge is 0.227 e. The van der Waals surface area contributed by atoms with Gasteiger partial charge in [0.15, 0.2) is 11.5 Å². The lowest BCUT2D eigenvalue weighted by Gasteiger charge is -2.41. The third-order valence-corrected chi connectivity index (χ3v) is 7.16. The number of carbonyl (C=O) groups excluding carboxylic acids is 2. The first-order valence-electron chi connectivity index (χ1n) is 12.7. The summed E-state index contributed by atoms with van der Waals surface area (Å²) in [5, 5.41) is 3.16. The molecule has 0 unspecified atom stereocenters. The maximum atomic E-state index is 13.5. The molecule has 0 radical (unpaired) electrons. The topological polar surface area (TPSA) is 77.1 Å². The van der Waals surface area contributed by atoms with E-state index in [2.05, 4.69) is 11.4 Å². The van der Waals surface area contributed by atoms with E-state index >= 15 is 0 Å². The number of carbonyl (C=O) groups is 2. The van der Waals surface area contributed by atoms with Gasteiger partial charge in [-0.25, -0.2) is 0 Å². The number of nitrogens with zero attached hydrogens (tertiary/aromatic N) is 1. The zero-order valence-corrected chi connectivity index (χ0v) is 21.4. The molecule has 2 aromatic carbocycles. The van der Waals surface area contributed by atoms with Gasteiger partial charge in [-0.15, -0.1) is 0 Å². The number of benzene rings is 2. The molecule has 1 fully saturated rings. The molecule has 2 amide bonds. The second-order valence-electron chi connectivity index (χ2n) is 9.32. The van der Waals surface area contributed by atoms with Gasteiger partial charge in [-0.2, -0.15) is 0 Å². The zero-order valence-electron chi connectivity index (χ0n) is 21.4. The van der Waals surface area contributed by atoms with Crippen LogP contribution in [0.1, 0.15) is 56.6 Å². The summed E-state index contributed by atoms with van der Waals surface area (Å²) in [5.41, 5.74) is 2.98. The van der Waals surface area contributed by atoms with E-state index in [1.807, 2.05) is 42.5 Å². The van der Waals surface area contributed by atoms with Crippen LogP contribution in [0.25, 0.3) is 0 Å². The van der Waals surface area contributed by atoms with Crippen LogP contribution in [0.5, 0.6) is 17.2 Å². The van der Waals surface area contributed by atoms with E-state index in [1.165, 1.54) is 18.4 Å². The molecule has 192 valence electrons. The summed E-state index contributed by atoms with van der Waals surface area (Å²) in [7, 11) is 4.78. The first-order valence-corrected chi connectivity index (χ1v) is 12.7.